The molecular weight excluding hydrogens is 432 g/mol. The zero-order chi connectivity index (χ0) is 24.3. The van der Waals surface area contributed by atoms with Crippen LogP contribution in [0.2, 0.25) is 0 Å². The van der Waals surface area contributed by atoms with Gasteiger partial charge < -0.3 is 14.2 Å². The second-order valence-electron chi connectivity index (χ2n) is 10.8. The van der Waals surface area contributed by atoms with Gasteiger partial charge in [0.25, 0.3) is 0 Å². The lowest BCUT2D eigenvalue weighted by Gasteiger charge is -2.26. The standard InChI is InChI=1S/C32H46O3/c1-25(23-29-13-7-9-19-34-29)31-15-5-3-11-27(31)17-21-33-22-18-28-12-4-6-16-32(28)26(2)24-30-14-8-10-20-35-30/h3-6,11-12,15-16,25-26,29-30H,7-10,13-14,17-24H2,1-2H3. The molecule has 2 heterocycles. The van der Waals surface area contributed by atoms with Crippen LogP contribution in [0.5, 0.6) is 0 Å². The van der Waals surface area contributed by atoms with E-state index in [0.29, 0.717) is 24.0 Å². The summed E-state index contributed by atoms with van der Waals surface area (Å²) in [6.07, 6.45) is 12.5. The summed E-state index contributed by atoms with van der Waals surface area (Å²) >= 11 is 0. The highest BCUT2D eigenvalue weighted by Crippen LogP contribution is 2.30. The lowest BCUT2D eigenvalue weighted by atomic mass is 9.88. The molecule has 35 heavy (non-hydrogen) atoms. The van der Waals surface area contributed by atoms with Crippen LogP contribution in [0, 0.1) is 0 Å². The van der Waals surface area contributed by atoms with Crippen LogP contribution in [0.3, 0.4) is 0 Å². The summed E-state index contributed by atoms with van der Waals surface area (Å²) in [7, 11) is 0. The van der Waals surface area contributed by atoms with Crippen molar-refractivity contribution in [1.29, 1.82) is 0 Å². The number of ether oxygens (including phenoxy) is 3. The Kier molecular flexibility index (Phi) is 10.7. The van der Waals surface area contributed by atoms with E-state index in [0.717, 1.165) is 52.1 Å². The van der Waals surface area contributed by atoms with E-state index >= 15 is 0 Å². The third-order valence-corrected chi connectivity index (χ3v) is 7.98. The quantitative estimate of drug-likeness (QED) is 0.294. The van der Waals surface area contributed by atoms with Crippen LogP contribution in [0.1, 0.15) is 99.3 Å². The first-order valence-corrected chi connectivity index (χ1v) is 14.2. The first kappa shape index (κ1) is 26.4. The molecule has 0 radical (unpaired) electrons. The number of hydrogen-bond acceptors (Lipinski definition) is 3. The van der Waals surface area contributed by atoms with Crippen LogP contribution in [-0.2, 0) is 27.1 Å². The first-order valence-electron chi connectivity index (χ1n) is 14.2. The van der Waals surface area contributed by atoms with Gasteiger partial charge >= 0.3 is 0 Å². The van der Waals surface area contributed by atoms with Gasteiger partial charge in [-0.25, -0.2) is 0 Å². The lowest BCUT2D eigenvalue weighted by Crippen LogP contribution is -2.21. The first-order chi connectivity index (χ1) is 17.2. The van der Waals surface area contributed by atoms with Crippen molar-refractivity contribution in [3.05, 3.63) is 70.8 Å². The molecule has 2 aliphatic rings. The average molecular weight is 479 g/mol. The van der Waals surface area contributed by atoms with E-state index < -0.39 is 0 Å². The van der Waals surface area contributed by atoms with Crippen LogP contribution in [0.25, 0.3) is 0 Å². The normalized spacial score (nSPS) is 22.6. The van der Waals surface area contributed by atoms with E-state index in [4.69, 9.17) is 14.2 Å². The van der Waals surface area contributed by atoms with E-state index in [9.17, 15) is 0 Å². The minimum absolute atomic E-state index is 0.426. The Hall–Kier alpha value is -1.68. The van der Waals surface area contributed by atoms with Crippen molar-refractivity contribution in [2.24, 2.45) is 0 Å². The topological polar surface area (TPSA) is 27.7 Å². The van der Waals surface area contributed by atoms with Gasteiger partial charge in [-0.2, -0.15) is 0 Å². The Bertz CT molecular complexity index is 795. The summed E-state index contributed by atoms with van der Waals surface area (Å²) < 4.78 is 18.2. The van der Waals surface area contributed by atoms with E-state index in [1.807, 2.05) is 0 Å². The minimum atomic E-state index is 0.426. The molecule has 0 saturated carbocycles. The monoisotopic (exact) mass is 478 g/mol. The van der Waals surface area contributed by atoms with Crippen LogP contribution in [-0.4, -0.2) is 38.6 Å². The third kappa shape index (κ3) is 8.17. The molecule has 0 N–H and O–H groups in total. The predicted octanol–water partition coefficient (Wildman–Crippen LogP) is 7.61. The van der Waals surface area contributed by atoms with Crippen molar-refractivity contribution >= 4 is 0 Å². The van der Waals surface area contributed by atoms with Crippen LogP contribution < -0.4 is 0 Å². The molecule has 0 bridgehead atoms. The Morgan fingerprint density at radius 1 is 0.686 bits per heavy atom. The predicted molar refractivity (Wildman–Crippen MR) is 144 cm³/mol. The Morgan fingerprint density at radius 2 is 1.14 bits per heavy atom. The number of benzene rings is 2. The highest BCUT2D eigenvalue weighted by atomic mass is 16.5. The highest BCUT2D eigenvalue weighted by Gasteiger charge is 2.21. The Balaban J connectivity index is 1.24. The fourth-order valence-electron chi connectivity index (χ4n) is 5.98. The third-order valence-electron chi connectivity index (χ3n) is 7.98. The summed E-state index contributed by atoms with van der Waals surface area (Å²) in [6, 6.07) is 17.8. The Morgan fingerprint density at radius 3 is 1.57 bits per heavy atom. The van der Waals surface area contributed by atoms with E-state index in [1.54, 1.807) is 0 Å². The molecule has 2 aromatic rings. The summed E-state index contributed by atoms with van der Waals surface area (Å²) in [5.41, 5.74) is 5.79. The van der Waals surface area contributed by atoms with Gasteiger partial charge in [-0.15, -0.1) is 0 Å². The van der Waals surface area contributed by atoms with Gasteiger partial charge in [0.15, 0.2) is 0 Å². The van der Waals surface area contributed by atoms with Gasteiger partial charge in [0, 0.05) is 13.2 Å². The minimum Gasteiger partial charge on any atom is -0.381 e. The van der Waals surface area contributed by atoms with Crippen molar-refractivity contribution in [2.75, 3.05) is 26.4 Å². The molecule has 192 valence electrons. The maximum Gasteiger partial charge on any atom is 0.0580 e. The second kappa shape index (κ2) is 14.2. The molecule has 0 aliphatic carbocycles. The summed E-state index contributed by atoms with van der Waals surface area (Å²) in [5.74, 6) is 1.05. The smallest absolute Gasteiger partial charge is 0.0580 e. The molecule has 3 nitrogen and oxygen atoms in total. The van der Waals surface area contributed by atoms with Crippen molar-refractivity contribution in [2.45, 2.75) is 102 Å². The molecule has 4 unspecified atom stereocenters. The zero-order valence-corrected chi connectivity index (χ0v) is 22.1. The fourth-order valence-corrected chi connectivity index (χ4v) is 5.98. The maximum absolute atomic E-state index is 6.16. The molecule has 0 spiro atoms. The van der Waals surface area contributed by atoms with Crippen LogP contribution >= 0.6 is 0 Å². The largest absolute Gasteiger partial charge is 0.381 e. The average Bonchev–Trinajstić information content (AvgIpc) is 2.90. The van der Waals surface area contributed by atoms with Gasteiger partial charge in [0.2, 0.25) is 0 Å². The SMILES string of the molecule is CC(CC1CCCCO1)c1ccccc1CCOCCc1ccccc1C(C)CC1CCCCO1. The van der Waals surface area contributed by atoms with Gasteiger partial charge in [-0.05, 0) is 98.3 Å². The summed E-state index contributed by atoms with van der Waals surface area (Å²) in [4.78, 5) is 0. The molecular formula is C32H46O3. The summed E-state index contributed by atoms with van der Waals surface area (Å²) in [6.45, 7) is 8.13. The summed E-state index contributed by atoms with van der Waals surface area (Å²) in [5, 5.41) is 0. The van der Waals surface area contributed by atoms with Gasteiger partial charge in [0.1, 0.15) is 0 Å². The van der Waals surface area contributed by atoms with Crippen LogP contribution in [0.4, 0.5) is 0 Å². The van der Waals surface area contributed by atoms with Crippen molar-refractivity contribution < 1.29 is 14.2 Å². The molecule has 2 saturated heterocycles. The molecule has 2 aromatic carbocycles. The molecule has 4 rings (SSSR count). The molecule has 4 atom stereocenters. The van der Waals surface area contributed by atoms with Crippen molar-refractivity contribution in [3.8, 4) is 0 Å². The van der Waals surface area contributed by atoms with E-state index in [1.165, 1.54) is 60.8 Å². The van der Waals surface area contributed by atoms with Gasteiger partial charge in [0.05, 0.1) is 25.4 Å². The van der Waals surface area contributed by atoms with Gasteiger partial charge in [-0.1, -0.05) is 62.4 Å². The van der Waals surface area contributed by atoms with Crippen molar-refractivity contribution in [1.82, 2.24) is 0 Å². The van der Waals surface area contributed by atoms with Crippen LogP contribution in [0.15, 0.2) is 48.5 Å². The van der Waals surface area contributed by atoms with Crippen molar-refractivity contribution in [3.63, 3.8) is 0 Å². The molecule has 3 heteroatoms. The number of hydrogen-bond donors (Lipinski definition) is 0. The second-order valence-corrected chi connectivity index (χ2v) is 10.8. The molecule has 0 aromatic heterocycles. The Labute approximate surface area is 213 Å². The molecule has 2 aliphatic heterocycles. The van der Waals surface area contributed by atoms with E-state index in [-0.39, 0.29) is 0 Å². The zero-order valence-electron chi connectivity index (χ0n) is 22.1. The highest BCUT2D eigenvalue weighted by molar-refractivity contribution is 5.31. The maximum atomic E-state index is 6.16. The number of rotatable bonds is 12. The molecule has 0 amide bonds. The van der Waals surface area contributed by atoms with E-state index in [2.05, 4.69) is 62.4 Å². The molecule has 2 fully saturated rings. The fraction of sp³-hybridized carbons (Fsp3) is 0.625. The van der Waals surface area contributed by atoms with Gasteiger partial charge in [-0.3, -0.25) is 0 Å². The lowest BCUT2D eigenvalue weighted by molar-refractivity contribution is 0.00773.